The van der Waals surface area contributed by atoms with Crippen molar-refractivity contribution in [1.29, 1.82) is 0 Å². The average molecular weight is 341 g/mol. The van der Waals surface area contributed by atoms with Crippen LogP contribution in [0.2, 0.25) is 0 Å². The zero-order valence-electron chi connectivity index (χ0n) is 13.6. The number of nitrogens with one attached hydrogen (secondary N) is 4. The summed E-state index contributed by atoms with van der Waals surface area (Å²) in [5.41, 5.74) is 2.96. The van der Waals surface area contributed by atoms with E-state index in [9.17, 15) is 9.59 Å². The molecule has 1 atom stereocenters. The highest BCUT2D eigenvalue weighted by Gasteiger charge is 2.18. The molecular formula is C17H19N5O3. The molecule has 0 aliphatic carbocycles. The molecule has 3 heterocycles. The van der Waals surface area contributed by atoms with Crippen molar-refractivity contribution in [2.75, 3.05) is 18.5 Å². The number of aromatic nitrogens is 4. The first-order valence-electron chi connectivity index (χ1n) is 8.31. The molecule has 3 aromatic rings. The molecule has 0 saturated carbocycles. The highest BCUT2D eigenvalue weighted by Crippen LogP contribution is 2.25. The van der Waals surface area contributed by atoms with Gasteiger partial charge in [0.05, 0.1) is 24.1 Å². The van der Waals surface area contributed by atoms with Gasteiger partial charge in [0.25, 0.3) is 0 Å². The number of imidazole rings is 1. The summed E-state index contributed by atoms with van der Waals surface area (Å²) in [5.74, 6) is 0.664. The van der Waals surface area contributed by atoms with Gasteiger partial charge in [-0.2, -0.15) is 5.10 Å². The molecule has 0 radical (unpaired) electrons. The first-order chi connectivity index (χ1) is 12.2. The number of nitrogens with zero attached hydrogens (tertiary/aromatic N) is 1. The summed E-state index contributed by atoms with van der Waals surface area (Å²) < 4.78 is 5.48. The minimum Gasteiger partial charge on any atom is -0.381 e. The SMILES string of the molecule is O=C(Cc1ccc2[nH]c(=O)[nH]c2c1)Nc1cc(C2CCCOC2)[nH]n1. The monoisotopic (exact) mass is 341 g/mol. The molecule has 0 bridgehead atoms. The molecule has 2 aromatic heterocycles. The van der Waals surface area contributed by atoms with Crippen LogP contribution in [0.5, 0.6) is 0 Å². The van der Waals surface area contributed by atoms with E-state index in [0.717, 1.165) is 36.2 Å². The number of rotatable bonds is 4. The summed E-state index contributed by atoms with van der Waals surface area (Å²) in [6.07, 6.45) is 2.30. The van der Waals surface area contributed by atoms with Crippen molar-refractivity contribution in [2.24, 2.45) is 0 Å². The van der Waals surface area contributed by atoms with Crippen LogP contribution in [-0.4, -0.2) is 39.3 Å². The van der Waals surface area contributed by atoms with Gasteiger partial charge in [-0.3, -0.25) is 9.89 Å². The molecule has 8 nitrogen and oxygen atoms in total. The van der Waals surface area contributed by atoms with Crippen LogP contribution >= 0.6 is 0 Å². The van der Waals surface area contributed by atoms with Gasteiger partial charge in [-0.1, -0.05) is 6.07 Å². The van der Waals surface area contributed by atoms with Gasteiger partial charge in [-0.25, -0.2) is 4.79 Å². The summed E-state index contributed by atoms with van der Waals surface area (Å²) >= 11 is 0. The van der Waals surface area contributed by atoms with Gasteiger partial charge in [0, 0.05) is 24.3 Å². The standard InChI is InChI=1S/C17H19N5O3/c23-16(7-10-3-4-12-14(6-10)19-17(24)18-12)20-15-8-13(21-22-15)11-2-1-5-25-9-11/h3-4,6,8,11H,1-2,5,7,9H2,(H2,18,19,24)(H2,20,21,22,23). The van der Waals surface area contributed by atoms with E-state index in [2.05, 4.69) is 25.5 Å². The van der Waals surface area contributed by atoms with Crippen molar-refractivity contribution in [3.05, 3.63) is 46.0 Å². The third-order valence-electron chi connectivity index (χ3n) is 4.41. The Kier molecular flexibility index (Phi) is 4.10. The van der Waals surface area contributed by atoms with Crippen LogP contribution in [0.1, 0.15) is 30.0 Å². The number of ether oxygens (including phenoxy) is 1. The third kappa shape index (κ3) is 3.48. The van der Waals surface area contributed by atoms with Crippen LogP contribution in [-0.2, 0) is 16.0 Å². The number of amides is 1. The molecule has 4 rings (SSSR count). The van der Waals surface area contributed by atoms with Gasteiger partial charge >= 0.3 is 5.69 Å². The number of hydrogen-bond acceptors (Lipinski definition) is 4. The Morgan fingerprint density at radius 1 is 1.28 bits per heavy atom. The van der Waals surface area contributed by atoms with Crippen molar-refractivity contribution in [2.45, 2.75) is 25.2 Å². The van der Waals surface area contributed by atoms with E-state index in [1.807, 2.05) is 12.1 Å². The Labute approximate surface area is 143 Å². The van der Waals surface area contributed by atoms with Gasteiger partial charge in [-0.15, -0.1) is 0 Å². The van der Waals surface area contributed by atoms with Gasteiger partial charge < -0.3 is 20.0 Å². The van der Waals surface area contributed by atoms with E-state index in [1.165, 1.54) is 0 Å². The predicted molar refractivity (Wildman–Crippen MR) is 92.6 cm³/mol. The predicted octanol–water partition coefficient (Wildman–Crippen LogP) is 1.65. The highest BCUT2D eigenvalue weighted by molar-refractivity contribution is 5.92. The molecule has 0 spiro atoms. The smallest absolute Gasteiger partial charge is 0.323 e. The molecule has 25 heavy (non-hydrogen) atoms. The van der Waals surface area contributed by atoms with Crippen LogP contribution in [0.3, 0.4) is 0 Å². The molecule has 1 unspecified atom stereocenters. The van der Waals surface area contributed by atoms with Crippen LogP contribution in [0.15, 0.2) is 29.1 Å². The maximum absolute atomic E-state index is 12.2. The van der Waals surface area contributed by atoms with Crippen molar-refractivity contribution in [1.82, 2.24) is 20.2 Å². The van der Waals surface area contributed by atoms with E-state index in [1.54, 1.807) is 12.1 Å². The number of benzene rings is 1. The van der Waals surface area contributed by atoms with E-state index in [-0.39, 0.29) is 18.0 Å². The second-order valence-corrected chi connectivity index (χ2v) is 6.31. The lowest BCUT2D eigenvalue weighted by atomic mass is 9.99. The molecule has 1 aliphatic heterocycles. The second kappa shape index (κ2) is 6.56. The lowest BCUT2D eigenvalue weighted by Crippen LogP contribution is -2.16. The Hall–Kier alpha value is -2.87. The molecule has 130 valence electrons. The van der Waals surface area contributed by atoms with E-state index < -0.39 is 0 Å². The molecule has 8 heteroatoms. The van der Waals surface area contributed by atoms with Gasteiger partial charge in [0.1, 0.15) is 0 Å². The van der Waals surface area contributed by atoms with Crippen LogP contribution in [0.4, 0.5) is 5.82 Å². The Balaban J connectivity index is 1.41. The van der Waals surface area contributed by atoms with Crippen LogP contribution in [0.25, 0.3) is 11.0 Å². The molecular weight excluding hydrogens is 322 g/mol. The van der Waals surface area contributed by atoms with Crippen molar-refractivity contribution in [3.63, 3.8) is 0 Å². The first-order valence-corrected chi connectivity index (χ1v) is 8.31. The van der Waals surface area contributed by atoms with Crippen LogP contribution < -0.4 is 11.0 Å². The molecule has 1 aromatic carbocycles. The summed E-state index contributed by atoms with van der Waals surface area (Å²) in [4.78, 5) is 28.9. The van der Waals surface area contributed by atoms with Crippen molar-refractivity contribution < 1.29 is 9.53 Å². The normalized spacial score (nSPS) is 17.7. The summed E-state index contributed by atoms with van der Waals surface area (Å²) in [6.45, 7) is 1.50. The average Bonchev–Trinajstić information content (AvgIpc) is 3.21. The molecule has 1 amide bonds. The van der Waals surface area contributed by atoms with E-state index in [0.29, 0.717) is 23.9 Å². The van der Waals surface area contributed by atoms with E-state index in [4.69, 9.17) is 4.74 Å². The zero-order valence-corrected chi connectivity index (χ0v) is 13.6. The quantitative estimate of drug-likeness (QED) is 0.577. The first kappa shape index (κ1) is 15.6. The minimum absolute atomic E-state index is 0.157. The van der Waals surface area contributed by atoms with Gasteiger partial charge in [0.2, 0.25) is 5.91 Å². The lowest BCUT2D eigenvalue weighted by molar-refractivity contribution is -0.115. The Morgan fingerprint density at radius 3 is 3.00 bits per heavy atom. The highest BCUT2D eigenvalue weighted by atomic mass is 16.5. The van der Waals surface area contributed by atoms with Gasteiger partial charge in [-0.05, 0) is 30.5 Å². The number of hydrogen-bond donors (Lipinski definition) is 4. The fraction of sp³-hybridized carbons (Fsp3) is 0.353. The fourth-order valence-electron chi connectivity index (χ4n) is 3.16. The Bertz CT molecular complexity index is 949. The molecule has 1 saturated heterocycles. The van der Waals surface area contributed by atoms with Crippen molar-refractivity contribution in [3.8, 4) is 0 Å². The molecule has 1 aliphatic rings. The number of H-pyrrole nitrogens is 3. The van der Waals surface area contributed by atoms with Crippen molar-refractivity contribution >= 4 is 22.8 Å². The minimum atomic E-state index is -0.257. The van der Waals surface area contributed by atoms with Gasteiger partial charge in [0.15, 0.2) is 5.82 Å². The number of anilines is 1. The topological polar surface area (TPSA) is 116 Å². The number of aromatic amines is 3. The zero-order chi connectivity index (χ0) is 17.2. The van der Waals surface area contributed by atoms with Crippen LogP contribution in [0, 0.1) is 0 Å². The Morgan fingerprint density at radius 2 is 2.16 bits per heavy atom. The third-order valence-corrected chi connectivity index (χ3v) is 4.41. The number of carbonyl (C=O) groups is 1. The summed E-state index contributed by atoms with van der Waals surface area (Å²) in [7, 11) is 0. The molecule has 1 fully saturated rings. The maximum atomic E-state index is 12.2. The molecule has 4 N–H and O–H groups in total. The maximum Gasteiger partial charge on any atom is 0.323 e. The number of carbonyl (C=O) groups excluding carboxylic acids is 1. The largest absolute Gasteiger partial charge is 0.381 e. The number of fused-ring (bicyclic) bond motifs is 1. The second-order valence-electron chi connectivity index (χ2n) is 6.31. The fourth-order valence-corrected chi connectivity index (χ4v) is 3.16. The lowest BCUT2D eigenvalue weighted by Gasteiger charge is -2.20. The summed E-state index contributed by atoms with van der Waals surface area (Å²) in [6, 6.07) is 7.26. The summed E-state index contributed by atoms with van der Waals surface area (Å²) in [5, 5.41) is 9.95. The van der Waals surface area contributed by atoms with E-state index >= 15 is 0 Å².